The number of ketones is 2. The van der Waals surface area contributed by atoms with Gasteiger partial charge in [-0.05, 0) is 38.8 Å². The number of hydrogen-bond donors (Lipinski definition) is 0. The van der Waals surface area contributed by atoms with E-state index < -0.39 is 0 Å². The van der Waals surface area contributed by atoms with Crippen molar-refractivity contribution in [3.05, 3.63) is 41.8 Å². The Morgan fingerprint density at radius 3 is 1.33 bits per heavy atom. The van der Waals surface area contributed by atoms with Crippen molar-refractivity contribution in [2.75, 3.05) is 0 Å². The number of rotatable bonds is 0. The molecule has 0 aromatic carbocycles. The topological polar surface area (TPSA) is 34.1 Å². The summed E-state index contributed by atoms with van der Waals surface area (Å²) in [6.45, 7) is 7.78. The van der Waals surface area contributed by atoms with Gasteiger partial charge in [-0.2, -0.15) is 0 Å². The highest BCUT2D eigenvalue weighted by Gasteiger charge is 2.36. The van der Waals surface area contributed by atoms with Crippen molar-refractivity contribution in [2.24, 2.45) is 0 Å². The summed E-state index contributed by atoms with van der Waals surface area (Å²) in [5.74, 6) is 0.0605. The van der Waals surface area contributed by atoms with Gasteiger partial charge in [0.2, 0.25) is 11.6 Å². The Balaban J connectivity index is 2.38. The first-order chi connectivity index (χ1) is 8.43. The maximum Gasteiger partial charge on any atom is 0.205 e. The van der Waals surface area contributed by atoms with Crippen LogP contribution in [0.4, 0.5) is 0 Å². The molecule has 2 aromatic rings. The second-order valence-electron chi connectivity index (χ2n) is 4.63. The van der Waals surface area contributed by atoms with Crippen molar-refractivity contribution in [1.82, 2.24) is 0 Å². The van der Waals surface area contributed by atoms with Crippen molar-refractivity contribution in [1.29, 1.82) is 0 Å². The highest BCUT2D eigenvalue weighted by molar-refractivity contribution is 7.17. The molecule has 0 aliphatic heterocycles. The molecule has 0 bridgehead atoms. The van der Waals surface area contributed by atoms with Crippen molar-refractivity contribution in [3.8, 4) is 0 Å². The monoisotopic (exact) mass is 276 g/mol. The van der Waals surface area contributed by atoms with E-state index in [1.165, 1.54) is 22.7 Å². The first-order valence-electron chi connectivity index (χ1n) is 5.72. The van der Waals surface area contributed by atoms with E-state index in [-0.39, 0.29) is 11.6 Å². The Bertz CT molecular complexity index is 654. The lowest BCUT2D eigenvalue weighted by Gasteiger charge is -2.11. The van der Waals surface area contributed by atoms with Crippen LogP contribution in [0.2, 0.25) is 0 Å². The molecule has 0 amide bonds. The summed E-state index contributed by atoms with van der Waals surface area (Å²) in [5.41, 5.74) is 3.19. The van der Waals surface area contributed by atoms with Gasteiger partial charge in [-0.1, -0.05) is 0 Å². The molecule has 1 aliphatic carbocycles. The minimum absolute atomic E-state index is 0.0302. The summed E-state index contributed by atoms with van der Waals surface area (Å²) in [4.78, 5) is 28.4. The second kappa shape index (κ2) is 3.62. The molecule has 2 aromatic heterocycles. The van der Waals surface area contributed by atoms with Crippen molar-refractivity contribution >= 4 is 34.2 Å². The lowest BCUT2D eigenvalue weighted by atomic mass is 9.90. The van der Waals surface area contributed by atoms with Crippen LogP contribution in [0.5, 0.6) is 0 Å². The summed E-state index contributed by atoms with van der Waals surface area (Å²) in [6, 6.07) is 0. The van der Waals surface area contributed by atoms with Crippen molar-refractivity contribution in [3.63, 3.8) is 0 Å². The zero-order valence-electron chi connectivity index (χ0n) is 10.6. The zero-order valence-corrected chi connectivity index (χ0v) is 12.3. The highest BCUT2D eigenvalue weighted by atomic mass is 32.1. The Hall–Kier alpha value is -1.26. The fourth-order valence-corrected chi connectivity index (χ4v) is 4.56. The van der Waals surface area contributed by atoms with Gasteiger partial charge in [-0.15, -0.1) is 22.7 Å². The van der Waals surface area contributed by atoms with Gasteiger partial charge >= 0.3 is 0 Å². The minimum atomic E-state index is 0.0302. The van der Waals surface area contributed by atoms with Gasteiger partial charge in [0, 0.05) is 20.9 Å². The fourth-order valence-electron chi connectivity index (χ4n) is 2.35. The maximum absolute atomic E-state index is 12.5. The molecule has 0 saturated heterocycles. The lowest BCUT2D eigenvalue weighted by molar-refractivity contribution is 0.0985. The lowest BCUT2D eigenvalue weighted by Crippen LogP contribution is -2.18. The Morgan fingerprint density at radius 2 is 1.00 bits per heavy atom. The van der Waals surface area contributed by atoms with Gasteiger partial charge in [0.25, 0.3) is 0 Å². The third-order valence-electron chi connectivity index (χ3n) is 3.64. The molecule has 2 nitrogen and oxygen atoms in total. The highest BCUT2D eigenvalue weighted by Crippen LogP contribution is 2.41. The van der Waals surface area contributed by atoms with Crippen LogP contribution in [0.1, 0.15) is 51.4 Å². The van der Waals surface area contributed by atoms with E-state index in [0.717, 1.165) is 20.9 Å². The smallest absolute Gasteiger partial charge is 0.205 e. The van der Waals surface area contributed by atoms with Crippen LogP contribution in [0.25, 0.3) is 0 Å². The quantitative estimate of drug-likeness (QED) is 0.625. The third-order valence-corrected chi connectivity index (χ3v) is 6.05. The Morgan fingerprint density at radius 1 is 0.667 bits per heavy atom. The van der Waals surface area contributed by atoms with E-state index in [4.69, 9.17) is 0 Å². The van der Waals surface area contributed by atoms with Gasteiger partial charge in [-0.25, -0.2) is 0 Å². The van der Waals surface area contributed by atoms with Crippen LogP contribution in [-0.2, 0) is 0 Å². The predicted octanol–water partition coefficient (Wildman–Crippen LogP) is 3.82. The molecule has 4 heteroatoms. The molecular weight excluding hydrogens is 264 g/mol. The normalized spacial score (nSPS) is 13.8. The molecule has 0 radical (unpaired) electrons. The molecule has 0 unspecified atom stereocenters. The molecule has 0 saturated carbocycles. The molecule has 0 spiro atoms. The minimum Gasteiger partial charge on any atom is -0.288 e. The summed E-state index contributed by atoms with van der Waals surface area (Å²) in [7, 11) is 0. The average molecular weight is 276 g/mol. The number of hydrogen-bond acceptors (Lipinski definition) is 4. The van der Waals surface area contributed by atoms with E-state index in [1.54, 1.807) is 0 Å². The van der Waals surface area contributed by atoms with Gasteiger partial charge in [0.15, 0.2) is 0 Å². The van der Waals surface area contributed by atoms with E-state index in [2.05, 4.69) is 0 Å². The zero-order chi connectivity index (χ0) is 13.2. The summed E-state index contributed by atoms with van der Waals surface area (Å²) in [5, 5.41) is 0. The number of carbonyl (C=O) groups is 2. The van der Waals surface area contributed by atoms with E-state index in [1.807, 2.05) is 27.7 Å². The van der Waals surface area contributed by atoms with Crippen LogP contribution in [0, 0.1) is 27.7 Å². The first-order valence-corrected chi connectivity index (χ1v) is 7.36. The molecule has 2 heterocycles. The van der Waals surface area contributed by atoms with Gasteiger partial charge in [0.1, 0.15) is 0 Å². The summed E-state index contributed by atoms with van der Waals surface area (Å²) in [6.07, 6.45) is 0. The van der Waals surface area contributed by atoms with Crippen molar-refractivity contribution in [2.45, 2.75) is 27.7 Å². The predicted molar refractivity (Wildman–Crippen MR) is 74.5 cm³/mol. The summed E-state index contributed by atoms with van der Waals surface area (Å²) < 4.78 is 0. The third kappa shape index (κ3) is 1.27. The molecule has 0 atom stereocenters. The van der Waals surface area contributed by atoms with Crippen LogP contribution in [-0.4, -0.2) is 11.6 Å². The molecule has 18 heavy (non-hydrogen) atoms. The SMILES string of the molecule is Cc1sc2c(c1C)C(=O)c1sc(C)c(C)c1C2=O. The van der Waals surface area contributed by atoms with E-state index in [0.29, 0.717) is 20.9 Å². The standard InChI is InChI=1S/C14H12O2S2/c1-5-7(3)17-13-9(5)11(15)14-10(12(13)16)6(2)8(4)18-14/h1-4H3. The molecule has 0 fully saturated rings. The maximum atomic E-state index is 12.5. The van der Waals surface area contributed by atoms with Crippen LogP contribution in [0.3, 0.4) is 0 Å². The van der Waals surface area contributed by atoms with Crippen LogP contribution in [0.15, 0.2) is 0 Å². The Kier molecular flexibility index (Phi) is 2.37. The summed E-state index contributed by atoms with van der Waals surface area (Å²) >= 11 is 2.89. The average Bonchev–Trinajstić information content (AvgIpc) is 2.78. The van der Waals surface area contributed by atoms with E-state index in [9.17, 15) is 9.59 Å². The van der Waals surface area contributed by atoms with Gasteiger partial charge < -0.3 is 0 Å². The number of thiophene rings is 2. The number of carbonyl (C=O) groups excluding carboxylic acids is 2. The van der Waals surface area contributed by atoms with Gasteiger partial charge in [0.05, 0.1) is 9.75 Å². The second-order valence-corrected chi connectivity index (χ2v) is 7.08. The van der Waals surface area contributed by atoms with E-state index >= 15 is 0 Å². The van der Waals surface area contributed by atoms with Crippen LogP contribution < -0.4 is 0 Å². The van der Waals surface area contributed by atoms with Gasteiger partial charge in [-0.3, -0.25) is 9.59 Å². The fraction of sp³-hybridized carbons (Fsp3) is 0.286. The largest absolute Gasteiger partial charge is 0.288 e. The molecule has 92 valence electrons. The van der Waals surface area contributed by atoms with Crippen LogP contribution >= 0.6 is 22.7 Å². The molecule has 0 N–H and O–H groups in total. The number of aryl methyl sites for hydroxylation is 2. The number of fused-ring (bicyclic) bond motifs is 2. The Labute approximate surface area is 113 Å². The molecular formula is C14H12O2S2. The first kappa shape index (κ1) is 11.8. The van der Waals surface area contributed by atoms with Crippen molar-refractivity contribution < 1.29 is 9.59 Å². The molecule has 1 aliphatic rings. The molecule has 3 rings (SSSR count).